The van der Waals surface area contributed by atoms with Crippen LogP contribution in [0.15, 0.2) is 18.2 Å². The summed E-state index contributed by atoms with van der Waals surface area (Å²) >= 11 is 1.90. The molecule has 0 radical (unpaired) electrons. The number of hydrogen-bond donors (Lipinski definition) is 1. The highest BCUT2D eigenvalue weighted by Crippen LogP contribution is 2.20. The zero-order chi connectivity index (χ0) is 15.2. The molecule has 1 unspecified atom stereocenters. The van der Waals surface area contributed by atoms with Gasteiger partial charge in [0.25, 0.3) is 5.91 Å². The Kier molecular flexibility index (Phi) is 5.72. The van der Waals surface area contributed by atoms with Gasteiger partial charge in [0.15, 0.2) is 0 Å². The van der Waals surface area contributed by atoms with Gasteiger partial charge >= 0.3 is 0 Å². The molecule has 1 fully saturated rings. The van der Waals surface area contributed by atoms with Crippen molar-refractivity contribution >= 4 is 17.7 Å². The molecule has 0 spiro atoms. The standard InChI is InChI=1S/C17H21NO2S/c1-13-6-7-15(5-3-4-9-19)11-16(13)17(20)18-8-10-21-12-14(18)2/h6-7,11,14,19H,4,8-10,12H2,1-2H3. The van der Waals surface area contributed by atoms with E-state index in [1.165, 1.54) is 0 Å². The monoisotopic (exact) mass is 303 g/mol. The molecule has 1 amide bonds. The first-order valence-corrected chi connectivity index (χ1v) is 8.38. The fourth-order valence-electron chi connectivity index (χ4n) is 2.33. The molecular weight excluding hydrogens is 282 g/mol. The molecule has 0 saturated carbocycles. The Hall–Kier alpha value is -1.44. The Morgan fingerprint density at radius 2 is 2.33 bits per heavy atom. The normalized spacial score (nSPS) is 18.0. The maximum absolute atomic E-state index is 12.7. The fourth-order valence-corrected chi connectivity index (χ4v) is 3.35. The number of benzene rings is 1. The van der Waals surface area contributed by atoms with Crippen LogP contribution in [0.3, 0.4) is 0 Å². The molecule has 1 aromatic carbocycles. The van der Waals surface area contributed by atoms with Gasteiger partial charge in [0.1, 0.15) is 0 Å². The molecule has 1 saturated heterocycles. The van der Waals surface area contributed by atoms with Gasteiger partial charge in [-0.3, -0.25) is 4.79 Å². The van der Waals surface area contributed by atoms with E-state index in [0.29, 0.717) is 6.42 Å². The minimum absolute atomic E-state index is 0.0631. The number of rotatable bonds is 2. The van der Waals surface area contributed by atoms with Crippen molar-refractivity contribution in [1.29, 1.82) is 0 Å². The Morgan fingerprint density at radius 1 is 1.52 bits per heavy atom. The van der Waals surface area contributed by atoms with E-state index in [1.54, 1.807) is 0 Å². The summed E-state index contributed by atoms with van der Waals surface area (Å²) in [6, 6.07) is 6.02. The number of thioether (sulfide) groups is 1. The van der Waals surface area contributed by atoms with Crippen LogP contribution in [0.2, 0.25) is 0 Å². The molecule has 0 aromatic heterocycles. The second-order valence-corrected chi connectivity index (χ2v) is 6.38. The summed E-state index contributed by atoms with van der Waals surface area (Å²) in [6.07, 6.45) is 0.456. The fraction of sp³-hybridized carbons (Fsp3) is 0.471. The Morgan fingerprint density at radius 3 is 3.05 bits per heavy atom. The highest BCUT2D eigenvalue weighted by molar-refractivity contribution is 7.99. The summed E-state index contributed by atoms with van der Waals surface area (Å²) in [5.74, 6) is 8.00. The van der Waals surface area contributed by atoms with E-state index in [9.17, 15) is 4.79 Å². The van der Waals surface area contributed by atoms with Gasteiger partial charge in [-0.2, -0.15) is 11.8 Å². The molecule has 3 nitrogen and oxygen atoms in total. The van der Waals surface area contributed by atoms with E-state index in [2.05, 4.69) is 18.8 Å². The van der Waals surface area contributed by atoms with Gasteiger partial charge in [-0.05, 0) is 31.5 Å². The van der Waals surface area contributed by atoms with E-state index in [4.69, 9.17) is 5.11 Å². The van der Waals surface area contributed by atoms with Crippen molar-refractivity contribution < 1.29 is 9.90 Å². The zero-order valence-corrected chi connectivity index (χ0v) is 13.4. The lowest BCUT2D eigenvalue weighted by atomic mass is 10.0. The van der Waals surface area contributed by atoms with Gasteiger partial charge in [-0.1, -0.05) is 17.9 Å². The summed E-state index contributed by atoms with van der Waals surface area (Å²) in [6.45, 7) is 4.93. The first kappa shape index (κ1) is 15.9. The summed E-state index contributed by atoms with van der Waals surface area (Å²) in [5.41, 5.74) is 2.55. The lowest BCUT2D eigenvalue weighted by molar-refractivity contribution is 0.0715. The molecular formula is C17H21NO2S. The van der Waals surface area contributed by atoms with E-state index in [0.717, 1.165) is 34.7 Å². The predicted molar refractivity (Wildman–Crippen MR) is 87.6 cm³/mol. The van der Waals surface area contributed by atoms with E-state index < -0.39 is 0 Å². The van der Waals surface area contributed by atoms with Gasteiger partial charge in [-0.15, -0.1) is 0 Å². The van der Waals surface area contributed by atoms with E-state index in [1.807, 2.05) is 41.8 Å². The third-order valence-electron chi connectivity index (χ3n) is 3.57. The van der Waals surface area contributed by atoms with Crippen molar-refractivity contribution in [3.8, 4) is 11.8 Å². The third kappa shape index (κ3) is 4.03. The van der Waals surface area contributed by atoms with Crippen LogP contribution in [0.1, 0.15) is 34.8 Å². The Bertz CT molecular complexity index is 574. The number of carbonyl (C=O) groups excluding carboxylic acids is 1. The van der Waals surface area contributed by atoms with Crippen LogP contribution < -0.4 is 0 Å². The number of aryl methyl sites for hydroxylation is 1. The summed E-state index contributed by atoms with van der Waals surface area (Å²) in [7, 11) is 0. The van der Waals surface area contributed by atoms with Crippen molar-refractivity contribution in [2.45, 2.75) is 26.3 Å². The van der Waals surface area contributed by atoms with Gasteiger partial charge in [0.05, 0.1) is 6.61 Å². The van der Waals surface area contributed by atoms with Crippen molar-refractivity contribution in [2.24, 2.45) is 0 Å². The molecule has 1 aliphatic rings. The maximum atomic E-state index is 12.7. The molecule has 1 atom stereocenters. The molecule has 1 aliphatic heterocycles. The Balaban J connectivity index is 2.24. The second kappa shape index (κ2) is 7.53. The average Bonchev–Trinajstić information content (AvgIpc) is 2.49. The van der Waals surface area contributed by atoms with Crippen molar-refractivity contribution in [2.75, 3.05) is 24.7 Å². The summed E-state index contributed by atoms with van der Waals surface area (Å²) in [4.78, 5) is 14.7. The summed E-state index contributed by atoms with van der Waals surface area (Å²) in [5, 5.41) is 8.77. The van der Waals surface area contributed by atoms with Gasteiger partial charge in [-0.25, -0.2) is 0 Å². The molecule has 112 valence electrons. The largest absolute Gasteiger partial charge is 0.395 e. The maximum Gasteiger partial charge on any atom is 0.254 e. The number of aliphatic hydroxyl groups is 1. The van der Waals surface area contributed by atoms with E-state index in [-0.39, 0.29) is 18.6 Å². The van der Waals surface area contributed by atoms with Gasteiger partial charge < -0.3 is 10.0 Å². The Labute approximate surface area is 130 Å². The van der Waals surface area contributed by atoms with Crippen LogP contribution in [-0.2, 0) is 0 Å². The predicted octanol–water partition coefficient (Wildman–Crippen LogP) is 2.31. The number of hydrogen-bond acceptors (Lipinski definition) is 3. The van der Waals surface area contributed by atoms with Crippen molar-refractivity contribution in [1.82, 2.24) is 4.90 Å². The molecule has 1 N–H and O–H groups in total. The number of carbonyl (C=O) groups is 1. The molecule has 1 aromatic rings. The first-order chi connectivity index (χ1) is 10.1. The van der Waals surface area contributed by atoms with Gasteiger partial charge in [0, 0.05) is 41.6 Å². The van der Waals surface area contributed by atoms with Crippen LogP contribution in [0, 0.1) is 18.8 Å². The molecule has 21 heavy (non-hydrogen) atoms. The highest BCUT2D eigenvalue weighted by atomic mass is 32.2. The lowest BCUT2D eigenvalue weighted by Crippen LogP contribution is -2.44. The van der Waals surface area contributed by atoms with E-state index >= 15 is 0 Å². The molecule has 2 rings (SSSR count). The van der Waals surface area contributed by atoms with Crippen LogP contribution in [0.5, 0.6) is 0 Å². The van der Waals surface area contributed by atoms with Crippen LogP contribution >= 0.6 is 11.8 Å². The third-order valence-corrected chi connectivity index (χ3v) is 4.76. The van der Waals surface area contributed by atoms with Gasteiger partial charge in [0.2, 0.25) is 0 Å². The second-order valence-electron chi connectivity index (χ2n) is 5.23. The minimum Gasteiger partial charge on any atom is -0.395 e. The smallest absolute Gasteiger partial charge is 0.254 e. The number of nitrogens with zero attached hydrogens (tertiary/aromatic N) is 1. The number of amides is 1. The van der Waals surface area contributed by atoms with Crippen LogP contribution in [0.25, 0.3) is 0 Å². The quantitative estimate of drug-likeness (QED) is 0.852. The van der Waals surface area contributed by atoms with Crippen molar-refractivity contribution in [3.63, 3.8) is 0 Å². The molecule has 1 heterocycles. The molecule has 4 heteroatoms. The lowest BCUT2D eigenvalue weighted by Gasteiger charge is -2.33. The van der Waals surface area contributed by atoms with Crippen LogP contribution in [-0.4, -0.2) is 46.6 Å². The first-order valence-electron chi connectivity index (χ1n) is 7.22. The zero-order valence-electron chi connectivity index (χ0n) is 12.6. The number of aliphatic hydroxyl groups excluding tert-OH is 1. The van der Waals surface area contributed by atoms with Crippen LogP contribution in [0.4, 0.5) is 0 Å². The highest BCUT2D eigenvalue weighted by Gasteiger charge is 2.25. The SMILES string of the molecule is Cc1ccc(C#CCCO)cc1C(=O)N1CCSCC1C. The van der Waals surface area contributed by atoms with Crippen molar-refractivity contribution in [3.05, 3.63) is 34.9 Å². The molecule has 0 aliphatic carbocycles. The minimum atomic E-state index is 0.0631. The average molecular weight is 303 g/mol. The topological polar surface area (TPSA) is 40.5 Å². The molecule has 0 bridgehead atoms. The summed E-state index contributed by atoms with van der Waals surface area (Å²) < 4.78 is 0.